The molecule has 1 heterocycles. The van der Waals surface area contributed by atoms with Crippen molar-refractivity contribution in [3.63, 3.8) is 0 Å². The second-order valence-electron chi connectivity index (χ2n) is 5.82. The van der Waals surface area contributed by atoms with Crippen molar-refractivity contribution < 1.29 is 9.53 Å². The molecule has 0 radical (unpaired) electrons. The summed E-state index contributed by atoms with van der Waals surface area (Å²) in [6.07, 6.45) is 4.17. The van der Waals surface area contributed by atoms with Gasteiger partial charge in [-0.3, -0.25) is 4.79 Å². The molecular weight excluding hydrogens is 288 g/mol. The van der Waals surface area contributed by atoms with Crippen LogP contribution in [0.15, 0.2) is 29.2 Å². The van der Waals surface area contributed by atoms with Crippen LogP contribution < -0.4 is 0 Å². The quantitative estimate of drug-likeness (QED) is 0.747. The Bertz CT molecular complexity index is 472. The molecule has 1 unspecified atom stereocenters. The Morgan fingerprint density at radius 3 is 2.95 bits per heavy atom. The van der Waals surface area contributed by atoms with E-state index >= 15 is 0 Å². The van der Waals surface area contributed by atoms with Crippen LogP contribution in [-0.2, 0) is 16.0 Å². The largest absolute Gasteiger partial charge is 0.469 e. The molecule has 2 aliphatic rings. The first-order valence-electron chi connectivity index (χ1n) is 7.10. The molecule has 4 heteroatoms. The molecule has 1 aliphatic heterocycles. The summed E-state index contributed by atoms with van der Waals surface area (Å²) in [7, 11) is 1.48. The third-order valence-electron chi connectivity index (χ3n) is 4.13. The van der Waals surface area contributed by atoms with Gasteiger partial charge in [-0.15, -0.1) is 11.8 Å². The highest BCUT2D eigenvalue weighted by molar-refractivity contribution is 8.03. The van der Waals surface area contributed by atoms with Crippen molar-refractivity contribution in [3.8, 4) is 0 Å². The molecule has 108 valence electrons. The minimum Gasteiger partial charge on any atom is -0.469 e. The fourth-order valence-corrected chi connectivity index (χ4v) is 5.65. The van der Waals surface area contributed by atoms with Crippen LogP contribution in [0.2, 0.25) is 0 Å². The Morgan fingerprint density at radius 1 is 1.45 bits per heavy atom. The van der Waals surface area contributed by atoms with Crippen LogP contribution >= 0.6 is 23.5 Å². The zero-order chi connectivity index (χ0) is 14.0. The van der Waals surface area contributed by atoms with E-state index in [2.05, 4.69) is 24.3 Å². The number of thioether (sulfide) groups is 2. The van der Waals surface area contributed by atoms with Crippen LogP contribution in [-0.4, -0.2) is 29.8 Å². The van der Waals surface area contributed by atoms with Crippen molar-refractivity contribution in [2.24, 2.45) is 5.41 Å². The lowest BCUT2D eigenvalue weighted by Gasteiger charge is -2.14. The fraction of sp³-hybridized carbons (Fsp3) is 0.562. The molecule has 1 atom stereocenters. The lowest BCUT2D eigenvalue weighted by Crippen LogP contribution is -2.14. The van der Waals surface area contributed by atoms with E-state index in [0.29, 0.717) is 11.7 Å². The van der Waals surface area contributed by atoms with E-state index in [1.165, 1.54) is 42.6 Å². The van der Waals surface area contributed by atoms with E-state index in [0.717, 1.165) is 5.75 Å². The monoisotopic (exact) mass is 308 g/mol. The number of carbonyl (C=O) groups is 1. The second kappa shape index (κ2) is 6.02. The number of fused-ring (bicyclic) bond motifs is 1. The van der Waals surface area contributed by atoms with Crippen molar-refractivity contribution in [1.82, 2.24) is 0 Å². The van der Waals surface area contributed by atoms with Gasteiger partial charge in [0.15, 0.2) is 0 Å². The van der Waals surface area contributed by atoms with Crippen molar-refractivity contribution in [2.45, 2.75) is 35.8 Å². The van der Waals surface area contributed by atoms with Crippen LogP contribution in [0.1, 0.15) is 24.8 Å². The maximum absolute atomic E-state index is 11.4. The zero-order valence-electron chi connectivity index (χ0n) is 11.8. The highest BCUT2D eigenvalue weighted by Crippen LogP contribution is 2.51. The molecule has 0 bridgehead atoms. The van der Waals surface area contributed by atoms with Crippen molar-refractivity contribution >= 4 is 29.5 Å². The van der Waals surface area contributed by atoms with E-state index in [9.17, 15) is 4.79 Å². The lowest BCUT2D eigenvalue weighted by atomic mass is 10.1. The Labute approximate surface area is 129 Å². The van der Waals surface area contributed by atoms with Crippen molar-refractivity contribution in [2.75, 3.05) is 18.6 Å². The Morgan fingerprint density at radius 2 is 2.25 bits per heavy atom. The molecule has 1 aromatic carbocycles. The molecule has 3 rings (SSSR count). The predicted molar refractivity (Wildman–Crippen MR) is 85.4 cm³/mol. The number of benzene rings is 1. The Kier molecular flexibility index (Phi) is 4.32. The number of methoxy groups -OCH3 is 1. The van der Waals surface area contributed by atoms with Crippen molar-refractivity contribution in [3.05, 3.63) is 29.8 Å². The standard InChI is InChI=1S/C16H20O2S2/c1-18-15(17)9-16(6-7-16)11-19-10-13-8-12-4-2-3-5-14(12)20-13/h2-5,13H,6-11H2,1H3. The predicted octanol–water partition coefficient (Wildman–Crippen LogP) is 3.78. The van der Waals surface area contributed by atoms with Crippen LogP contribution in [0.5, 0.6) is 0 Å². The Balaban J connectivity index is 1.42. The number of esters is 1. The van der Waals surface area contributed by atoms with E-state index in [1.807, 2.05) is 23.5 Å². The molecule has 0 N–H and O–H groups in total. The zero-order valence-corrected chi connectivity index (χ0v) is 13.4. The number of carbonyl (C=O) groups excluding carboxylic acids is 1. The molecular formula is C16H20O2S2. The smallest absolute Gasteiger partial charge is 0.306 e. The number of hydrogen-bond donors (Lipinski definition) is 0. The van der Waals surface area contributed by atoms with Gasteiger partial charge in [-0.05, 0) is 42.1 Å². The van der Waals surface area contributed by atoms with E-state index < -0.39 is 0 Å². The summed E-state index contributed by atoms with van der Waals surface area (Å²) in [5.41, 5.74) is 1.76. The fourth-order valence-electron chi connectivity index (χ4n) is 2.68. The van der Waals surface area contributed by atoms with Crippen LogP contribution in [0.3, 0.4) is 0 Å². The third kappa shape index (κ3) is 3.34. The normalized spacial score (nSPS) is 22.4. The highest BCUT2D eigenvalue weighted by Gasteiger charge is 2.44. The molecule has 20 heavy (non-hydrogen) atoms. The van der Waals surface area contributed by atoms with Crippen molar-refractivity contribution in [1.29, 1.82) is 0 Å². The van der Waals surface area contributed by atoms with Crippen LogP contribution in [0.25, 0.3) is 0 Å². The van der Waals surface area contributed by atoms with Gasteiger partial charge in [-0.1, -0.05) is 18.2 Å². The first kappa shape index (κ1) is 14.3. The summed E-state index contributed by atoms with van der Waals surface area (Å²) in [5, 5.41) is 0.700. The van der Waals surface area contributed by atoms with Gasteiger partial charge in [0.25, 0.3) is 0 Å². The molecule has 1 saturated carbocycles. The van der Waals surface area contributed by atoms with Gasteiger partial charge >= 0.3 is 5.97 Å². The molecule has 0 aromatic heterocycles. The topological polar surface area (TPSA) is 26.3 Å². The lowest BCUT2D eigenvalue weighted by molar-refractivity contribution is -0.141. The summed E-state index contributed by atoms with van der Waals surface area (Å²) >= 11 is 4.03. The Hall–Kier alpha value is -0.610. The maximum Gasteiger partial charge on any atom is 0.306 e. The molecule has 0 saturated heterocycles. The molecule has 1 fully saturated rings. The summed E-state index contributed by atoms with van der Waals surface area (Å²) in [4.78, 5) is 12.9. The summed E-state index contributed by atoms with van der Waals surface area (Å²) in [6.45, 7) is 0. The minimum absolute atomic E-state index is 0.0502. The third-order valence-corrected chi connectivity index (χ3v) is 7.11. The average Bonchev–Trinajstić information content (AvgIpc) is 3.07. The van der Waals surface area contributed by atoms with E-state index in [1.54, 1.807) is 0 Å². The van der Waals surface area contributed by atoms with Gasteiger partial charge in [-0.25, -0.2) is 0 Å². The second-order valence-corrected chi connectivity index (χ2v) is 8.19. The molecule has 2 nitrogen and oxygen atoms in total. The van der Waals surface area contributed by atoms with Crippen LogP contribution in [0.4, 0.5) is 0 Å². The van der Waals surface area contributed by atoms with Gasteiger partial charge in [0.2, 0.25) is 0 Å². The number of rotatable bonds is 6. The maximum atomic E-state index is 11.4. The van der Waals surface area contributed by atoms with Gasteiger partial charge in [0.1, 0.15) is 0 Å². The summed E-state index contributed by atoms with van der Waals surface area (Å²) in [6, 6.07) is 8.72. The first-order chi connectivity index (χ1) is 9.71. The highest BCUT2D eigenvalue weighted by atomic mass is 32.2. The molecule has 1 aromatic rings. The average molecular weight is 308 g/mol. The SMILES string of the molecule is COC(=O)CC1(CSCC2Cc3ccccc3S2)CC1. The van der Waals surface area contributed by atoms with Gasteiger partial charge in [0, 0.05) is 15.9 Å². The first-order valence-corrected chi connectivity index (χ1v) is 9.13. The van der Waals surface area contributed by atoms with E-state index in [4.69, 9.17) is 4.74 Å². The van der Waals surface area contributed by atoms with Gasteiger partial charge in [0.05, 0.1) is 13.5 Å². The summed E-state index contributed by atoms with van der Waals surface area (Å²) in [5.74, 6) is 2.24. The van der Waals surface area contributed by atoms with Gasteiger partial charge in [-0.2, -0.15) is 11.8 Å². The molecule has 0 spiro atoms. The minimum atomic E-state index is -0.0502. The number of ether oxygens (including phenoxy) is 1. The number of hydrogen-bond acceptors (Lipinski definition) is 4. The molecule has 0 amide bonds. The van der Waals surface area contributed by atoms with E-state index in [-0.39, 0.29) is 11.4 Å². The van der Waals surface area contributed by atoms with Crippen LogP contribution in [0, 0.1) is 5.41 Å². The van der Waals surface area contributed by atoms with Gasteiger partial charge < -0.3 is 4.74 Å². The summed E-state index contributed by atoms with van der Waals surface area (Å²) < 4.78 is 4.80. The molecule has 1 aliphatic carbocycles.